The highest BCUT2D eigenvalue weighted by Crippen LogP contribution is 2.29. The van der Waals surface area contributed by atoms with E-state index in [4.69, 9.17) is 0 Å². The molecule has 0 radical (unpaired) electrons. The molecule has 14 heavy (non-hydrogen) atoms. The summed E-state index contributed by atoms with van der Waals surface area (Å²) in [5, 5.41) is 11.8. The molecule has 1 aromatic carbocycles. The van der Waals surface area contributed by atoms with E-state index < -0.39 is 0 Å². The van der Waals surface area contributed by atoms with Gasteiger partial charge in [-0.05, 0) is 18.2 Å². The van der Waals surface area contributed by atoms with Crippen LogP contribution in [-0.2, 0) is 7.05 Å². The van der Waals surface area contributed by atoms with Crippen LogP contribution in [-0.4, -0.2) is 14.7 Å². The van der Waals surface area contributed by atoms with Crippen molar-refractivity contribution in [3.63, 3.8) is 0 Å². The summed E-state index contributed by atoms with van der Waals surface area (Å²) < 4.78 is 1.78. The van der Waals surface area contributed by atoms with Crippen LogP contribution in [0.5, 0.6) is 5.88 Å². The highest BCUT2D eigenvalue weighted by molar-refractivity contribution is 6.06. The minimum Gasteiger partial charge on any atom is -0.494 e. The van der Waals surface area contributed by atoms with Crippen LogP contribution in [0.1, 0.15) is 0 Å². The minimum absolute atomic E-state index is 0.300. The number of fused-ring (bicyclic) bond motifs is 3. The van der Waals surface area contributed by atoms with Crippen LogP contribution in [0.3, 0.4) is 0 Å². The highest BCUT2D eigenvalue weighted by Gasteiger charge is 2.07. The first-order valence-corrected chi connectivity index (χ1v) is 4.52. The van der Waals surface area contributed by atoms with Crippen molar-refractivity contribution in [1.82, 2.24) is 9.55 Å². The number of rotatable bonds is 0. The molecule has 3 aromatic rings. The maximum atomic E-state index is 9.59. The largest absolute Gasteiger partial charge is 0.494 e. The Bertz CT molecular complexity index is 619. The molecule has 0 fully saturated rings. The third kappa shape index (κ3) is 0.763. The van der Waals surface area contributed by atoms with Gasteiger partial charge in [0.15, 0.2) is 5.88 Å². The molecule has 2 aromatic heterocycles. The third-order valence-electron chi connectivity index (χ3n) is 2.73. The van der Waals surface area contributed by atoms with Gasteiger partial charge >= 0.3 is 0 Å². The molecule has 0 bridgehead atoms. The van der Waals surface area contributed by atoms with Gasteiger partial charge in [0, 0.05) is 35.6 Å². The standard InChI is InChI=1S/C11H10N2O/c1-13-10-3-2-9-7(4-5-12-9)8(10)6-11(13)14/h2-6,12,14H,1H3. The molecular formula is C11H10N2O. The maximum Gasteiger partial charge on any atom is 0.191 e. The Morgan fingerprint density at radius 1 is 1.21 bits per heavy atom. The van der Waals surface area contributed by atoms with Gasteiger partial charge in [0.05, 0.1) is 5.52 Å². The Morgan fingerprint density at radius 3 is 2.93 bits per heavy atom. The van der Waals surface area contributed by atoms with Crippen molar-refractivity contribution >= 4 is 21.8 Å². The second kappa shape index (κ2) is 2.32. The number of benzene rings is 1. The van der Waals surface area contributed by atoms with Crippen LogP contribution < -0.4 is 0 Å². The van der Waals surface area contributed by atoms with E-state index in [2.05, 4.69) is 4.98 Å². The summed E-state index contributed by atoms with van der Waals surface area (Å²) >= 11 is 0. The fraction of sp³-hybridized carbons (Fsp3) is 0.0909. The lowest BCUT2D eigenvalue weighted by molar-refractivity contribution is 0.435. The van der Waals surface area contributed by atoms with Crippen LogP contribution in [0.2, 0.25) is 0 Å². The highest BCUT2D eigenvalue weighted by atomic mass is 16.3. The fourth-order valence-electron chi connectivity index (χ4n) is 1.94. The van der Waals surface area contributed by atoms with Crippen LogP contribution in [0.15, 0.2) is 30.5 Å². The molecule has 0 aliphatic rings. The maximum absolute atomic E-state index is 9.59. The molecule has 3 heteroatoms. The third-order valence-corrected chi connectivity index (χ3v) is 2.73. The zero-order valence-corrected chi connectivity index (χ0v) is 7.78. The van der Waals surface area contributed by atoms with Crippen LogP contribution in [0, 0.1) is 0 Å². The minimum atomic E-state index is 0.300. The van der Waals surface area contributed by atoms with Gasteiger partial charge in [-0.25, -0.2) is 0 Å². The van der Waals surface area contributed by atoms with Gasteiger partial charge in [-0.15, -0.1) is 0 Å². The summed E-state index contributed by atoms with van der Waals surface area (Å²) in [7, 11) is 1.86. The Morgan fingerprint density at radius 2 is 2.07 bits per heavy atom. The van der Waals surface area contributed by atoms with Crippen molar-refractivity contribution in [2.75, 3.05) is 0 Å². The summed E-state index contributed by atoms with van der Waals surface area (Å²) in [5.41, 5.74) is 2.15. The molecule has 2 heterocycles. The average Bonchev–Trinajstić information content (AvgIpc) is 2.73. The summed E-state index contributed by atoms with van der Waals surface area (Å²) in [6.07, 6.45) is 1.91. The molecule has 2 N–H and O–H groups in total. The Hall–Kier alpha value is -1.90. The van der Waals surface area contributed by atoms with Gasteiger partial charge in [0.2, 0.25) is 0 Å². The van der Waals surface area contributed by atoms with Crippen molar-refractivity contribution in [2.24, 2.45) is 7.05 Å². The topological polar surface area (TPSA) is 41.0 Å². The van der Waals surface area contributed by atoms with Gasteiger partial charge in [-0.2, -0.15) is 0 Å². The second-order valence-electron chi connectivity index (χ2n) is 3.50. The van der Waals surface area contributed by atoms with E-state index in [9.17, 15) is 5.11 Å². The molecule has 0 spiro atoms. The molecule has 0 amide bonds. The lowest BCUT2D eigenvalue weighted by Crippen LogP contribution is -1.84. The van der Waals surface area contributed by atoms with E-state index >= 15 is 0 Å². The van der Waals surface area contributed by atoms with Gasteiger partial charge in [-0.3, -0.25) is 0 Å². The fourth-order valence-corrected chi connectivity index (χ4v) is 1.94. The number of aromatic hydroxyl groups is 1. The van der Waals surface area contributed by atoms with Gasteiger partial charge in [0.1, 0.15) is 0 Å². The SMILES string of the molecule is Cn1c(O)cc2c3cc[nH]c3ccc21. The lowest BCUT2D eigenvalue weighted by atomic mass is 10.2. The van der Waals surface area contributed by atoms with E-state index in [0.29, 0.717) is 5.88 Å². The van der Waals surface area contributed by atoms with Crippen molar-refractivity contribution in [2.45, 2.75) is 0 Å². The van der Waals surface area contributed by atoms with Gasteiger partial charge in [-0.1, -0.05) is 0 Å². The molecule has 0 atom stereocenters. The number of nitrogens with one attached hydrogen (secondary N) is 1. The first-order chi connectivity index (χ1) is 6.77. The van der Waals surface area contributed by atoms with Crippen LogP contribution in [0.4, 0.5) is 0 Å². The normalized spacial score (nSPS) is 11.5. The van der Waals surface area contributed by atoms with Gasteiger partial charge < -0.3 is 14.7 Å². The van der Waals surface area contributed by atoms with Gasteiger partial charge in [0.25, 0.3) is 0 Å². The molecule has 3 nitrogen and oxygen atoms in total. The predicted molar refractivity (Wildman–Crippen MR) is 56.4 cm³/mol. The molecule has 3 rings (SSSR count). The number of nitrogens with zero attached hydrogens (tertiary/aromatic N) is 1. The van der Waals surface area contributed by atoms with Crippen molar-refractivity contribution < 1.29 is 5.11 Å². The summed E-state index contributed by atoms with van der Waals surface area (Å²) in [4.78, 5) is 3.15. The quantitative estimate of drug-likeness (QED) is 0.556. The lowest BCUT2D eigenvalue weighted by Gasteiger charge is -1.97. The molecule has 0 unspecified atom stereocenters. The smallest absolute Gasteiger partial charge is 0.191 e. The van der Waals surface area contributed by atoms with Crippen molar-refractivity contribution in [1.29, 1.82) is 0 Å². The molecule has 0 saturated heterocycles. The number of hydrogen-bond donors (Lipinski definition) is 2. The van der Waals surface area contributed by atoms with E-state index in [-0.39, 0.29) is 0 Å². The Balaban J connectivity index is 2.63. The van der Waals surface area contributed by atoms with E-state index in [1.165, 1.54) is 0 Å². The second-order valence-corrected chi connectivity index (χ2v) is 3.50. The molecular weight excluding hydrogens is 176 g/mol. The summed E-state index contributed by atoms with van der Waals surface area (Å²) in [5.74, 6) is 0.300. The van der Waals surface area contributed by atoms with Crippen molar-refractivity contribution in [3.8, 4) is 5.88 Å². The Labute approximate surface area is 80.6 Å². The summed E-state index contributed by atoms with van der Waals surface area (Å²) in [6.45, 7) is 0. The van der Waals surface area contributed by atoms with Crippen molar-refractivity contribution in [3.05, 3.63) is 30.5 Å². The zero-order chi connectivity index (χ0) is 9.71. The number of aromatic amines is 1. The number of aryl methyl sites for hydroxylation is 1. The van der Waals surface area contributed by atoms with E-state index in [1.807, 2.05) is 31.4 Å². The number of hydrogen-bond acceptors (Lipinski definition) is 1. The molecule has 0 aliphatic heterocycles. The first kappa shape index (κ1) is 7.50. The monoisotopic (exact) mass is 186 g/mol. The zero-order valence-electron chi connectivity index (χ0n) is 7.78. The van der Waals surface area contributed by atoms with Crippen LogP contribution in [0.25, 0.3) is 21.8 Å². The molecule has 0 aliphatic carbocycles. The summed E-state index contributed by atoms with van der Waals surface area (Å²) in [6, 6.07) is 7.85. The molecule has 0 saturated carbocycles. The predicted octanol–water partition coefficient (Wildman–Crippen LogP) is 2.37. The average molecular weight is 186 g/mol. The Kier molecular flexibility index (Phi) is 1.24. The van der Waals surface area contributed by atoms with Crippen LogP contribution >= 0.6 is 0 Å². The molecule has 70 valence electrons. The number of H-pyrrole nitrogens is 1. The van der Waals surface area contributed by atoms with E-state index in [0.717, 1.165) is 21.8 Å². The van der Waals surface area contributed by atoms with E-state index in [1.54, 1.807) is 10.6 Å². The first-order valence-electron chi connectivity index (χ1n) is 4.52. The number of aromatic nitrogens is 2.